The first kappa shape index (κ1) is 41.4. The molecule has 262 valence electrons. The summed E-state index contributed by atoms with van der Waals surface area (Å²) in [7, 11) is 0. The van der Waals surface area contributed by atoms with E-state index in [0.717, 1.165) is 44.9 Å². The van der Waals surface area contributed by atoms with E-state index in [1.165, 1.54) is 154 Å². The van der Waals surface area contributed by atoms with E-state index in [-0.39, 0.29) is 17.7 Å². The van der Waals surface area contributed by atoms with Crippen molar-refractivity contribution in [3.63, 3.8) is 0 Å². The van der Waals surface area contributed by atoms with Crippen LogP contribution in [0.25, 0.3) is 0 Å². The predicted molar refractivity (Wildman–Crippen MR) is 190 cm³/mol. The topological polar surface area (TPSA) is 61.8 Å². The molecule has 1 aliphatic heterocycles. The lowest BCUT2D eigenvalue weighted by Crippen LogP contribution is -2.39. The predicted octanol–water partition coefficient (Wildman–Crippen LogP) is 10.4. The van der Waals surface area contributed by atoms with E-state index in [2.05, 4.69) is 17.1 Å². The van der Waals surface area contributed by atoms with Crippen molar-refractivity contribution in [2.45, 2.75) is 206 Å². The van der Waals surface area contributed by atoms with Gasteiger partial charge in [-0.3, -0.25) is 9.69 Å². The molecule has 1 aliphatic rings. The molecule has 5 nitrogen and oxygen atoms in total. The summed E-state index contributed by atoms with van der Waals surface area (Å²) in [6.45, 7) is 12.7. The van der Waals surface area contributed by atoms with E-state index < -0.39 is 0 Å². The van der Waals surface area contributed by atoms with Crippen LogP contribution >= 0.6 is 0 Å². The van der Waals surface area contributed by atoms with E-state index in [4.69, 9.17) is 4.74 Å². The quantitative estimate of drug-likeness (QED) is 0.0616. The fourth-order valence-corrected chi connectivity index (χ4v) is 6.67. The fourth-order valence-electron chi connectivity index (χ4n) is 6.67. The highest BCUT2D eigenvalue weighted by Crippen LogP contribution is 2.24. The summed E-state index contributed by atoms with van der Waals surface area (Å²) in [4.78, 5) is 14.3. The van der Waals surface area contributed by atoms with Crippen molar-refractivity contribution in [2.75, 3.05) is 32.7 Å². The Morgan fingerprint density at radius 3 is 1.70 bits per heavy atom. The molecule has 0 unspecified atom stereocenters. The molecule has 0 aliphatic carbocycles. The van der Waals surface area contributed by atoms with Crippen LogP contribution < -0.4 is 5.32 Å². The second-order valence-electron chi connectivity index (χ2n) is 15.1. The summed E-state index contributed by atoms with van der Waals surface area (Å²) >= 11 is 0. The van der Waals surface area contributed by atoms with Gasteiger partial charge in [-0.05, 0) is 85.0 Å². The Hall–Kier alpha value is -0.650. The monoisotopic (exact) mass is 623 g/mol. The van der Waals surface area contributed by atoms with Crippen LogP contribution in [-0.4, -0.2) is 60.4 Å². The maximum Gasteiger partial charge on any atom is 0.320 e. The number of carbonyl (C=O) groups is 1. The average molecular weight is 623 g/mol. The van der Waals surface area contributed by atoms with E-state index in [9.17, 15) is 9.90 Å². The number of ether oxygens (including phenoxy) is 1. The van der Waals surface area contributed by atoms with Crippen molar-refractivity contribution < 1.29 is 14.6 Å². The van der Waals surface area contributed by atoms with Gasteiger partial charge in [-0.2, -0.15) is 0 Å². The highest BCUT2D eigenvalue weighted by atomic mass is 16.6. The van der Waals surface area contributed by atoms with E-state index in [1.54, 1.807) is 0 Å². The summed E-state index contributed by atoms with van der Waals surface area (Å²) in [5.74, 6) is 0.764. The van der Waals surface area contributed by atoms with Crippen LogP contribution in [0.5, 0.6) is 0 Å². The second kappa shape index (κ2) is 28.6. The van der Waals surface area contributed by atoms with Crippen LogP contribution in [0.1, 0.15) is 195 Å². The first-order chi connectivity index (χ1) is 21.3. The Morgan fingerprint density at radius 1 is 0.705 bits per heavy atom. The van der Waals surface area contributed by atoms with E-state index >= 15 is 0 Å². The van der Waals surface area contributed by atoms with Crippen molar-refractivity contribution in [1.29, 1.82) is 0 Å². The number of aliphatic hydroxyl groups is 1. The molecule has 2 N–H and O–H groups in total. The molecule has 1 fully saturated rings. The Kier molecular flexibility index (Phi) is 26.9. The summed E-state index contributed by atoms with van der Waals surface area (Å²) in [5.41, 5.74) is -0.385. The van der Waals surface area contributed by atoms with Crippen molar-refractivity contribution in [3.8, 4) is 0 Å². The average Bonchev–Trinajstić information content (AvgIpc) is 2.97. The molecule has 0 bridgehead atoms. The zero-order valence-electron chi connectivity index (χ0n) is 30.3. The lowest BCUT2D eigenvalue weighted by molar-refractivity contribution is -0.156. The Labute approximate surface area is 275 Å². The summed E-state index contributed by atoms with van der Waals surface area (Å²) in [5, 5.41) is 13.8. The number of rotatable bonds is 30. The molecule has 0 spiro atoms. The molecule has 0 radical (unpaired) electrons. The Balaban J connectivity index is 1.76. The first-order valence-electron chi connectivity index (χ1n) is 19.6. The number of hydrogen-bond acceptors (Lipinski definition) is 5. The van der Waals surface area contributed by atoms with Gasteiger partial charge in [0.15, 0.2) is 0 Å². The number of likely N-dealkylation sites (tertiary alicyclic amines) is 1. The summed E-state index contributed by atoms with van der Waals surface area (Å²) in [6.07, 6.45) is 34.4. The number of esters is 1. The maximum absolute atomic E-state index is 12.0. The van der Waals surface area contributed by atoms with Gasteiger partial charge in [0.2, 0.25) is 0 Å². The number of unbranched alkanes of at least 4 members (excludes halogenated alkanes) is 19. The smallest absolute Gasteiger partial charge is 0.320 e. The lowest BCUT2D eigenvalue weighted by Gasteiger charge is -2.32. The van der Waals surface area contributed by atoms with Crippen molar-refractivity contribution in [2.24, 2.45) is 5.92 Å². The Morgan fingerprint density at radius 2 is 1.18 bits per heavy atom. The fraction of sp³-hybridized carbons (Fsp3) is 0.974. The van der Waals surface area contributed by atoms with Crippen molar-refractivity contribution >= 4 is 5.97 Å². The standard InChI is InChI=1S/C39H78N2O3/c1-5-6-7-8-9-10-11-12-15-18-21-24-27-37(42)28-32-40-31-25-22-19-16-13-14-17-20-23-26-36-29-33-41(34-30-36)35-38(43)44-39(2,3)4/h36-37,40,42H,5-35H2,1-4H3/t37-/m1/s1. The molecule has 0 aromatic carbocycles. The van der Waals surface area contributed by atoms with Crippen LogP contribution in [0.4, 0.5) is 0 Å². The molecule has 5 heteroatoms. The number of nitrogens with zero attached hydrogens (tertiary/aromatic N) is 1. The minimum Gasteiger partial charge on any atom is -0.459 e. The van der Waals surface area contributed by atoms with Gasteiger partial charge in [0.25, 0.3) is 0 Å². The number of carbonyl (C=O) groups excluding carboxylic acids is 1. The number of nitrogens with one attached hydrogen (secondary N) is 1. The molecule has 0 amide bonds. The molecule has 44 heavy (non-hydrogen) atoms. The third-order valence-electron chi connectivity index (χ3n) is 9.49. The van der Waals surface area contributed by atoms with E-state index in [0.29, 0.717) is 6.54 Å². The molecular weight excluding hydrogens is 544 g/mol. The van der Waals surface area contributed by atoms with Gasteiger partial charge in [0.1, 0.15) is 5.60 Å². The molecule has 0 aromatic rings. The van der Waals surface area contributed by atoms with Gasteiger partial charge in [0, 0.05) is 0 Å². The van der Waals surface area contributed by atoms with E-state index in [1.807, 2.05) is 20.8 Å². The van der Waals surface area contributed by atoms with Gasteiger partial charge in [-0.1, -0.05) is 142 Å². The number of hydrogen-bond donors (Lipinski definition) is 2. The zero-order valence-corrected chi connectivity index (χ0v) is 30.3. The lowest BCUT2D eigenvalue weighted by atomic mass is 9.91. The molecule has 1 atom stereocenters. The van der Waals surface area contributed by atoms with Gasteiger partial charge < -0.3 is 15.2 Å². The van der Waals surface area contributed by atoms with Gasteiger partial charge >= 0.3 is 5.97 Å². The van der Waals surface area contributed by atoms with Crippen LogP contribution in [0, 0.1) is 5.92 Å². The third kappa shape index (κ3) is 27.6. The molecule has 1 rings (SSSR count). The minimum absolute atomic E-state index is 0.0843. The number of aliphatic hydroxyl groups excluding tert-OH is 1. The van der Waals surface area contributed by atoms with Crippen LogP contribution in [0.3, 0.4) is 0 Å². The van der Waals surface area contributed by atoms with Crippen LogP contribution in [0.15, 0.2) is 0 Å². The van der Waals surface area contributed by atoms with Crippen molar-refractivity contribution in [3.05, 3.63) is 0 Å². The molecule has 0 aromatic heterocycles. The molecule has 1 heterocycles. The first-order valence-corrected chi connectivity index (χ1v) is 19.6. The summed E-state index contributed by atoms with van der Waals surface area (Å²) < 4.78 is 5.47. The number of piperidine rings is 1. The molecule has 1 saturated heterocycles. The van der Waals surface area contributed by atoms with Crippen LogP contribution in [-0.2, 0) is 9.53 Å². The SMILES string of the molecule is CCCCCCCCCCCCCC[C@@H](O)CCNCCCCCCCCCCCC1CCN(CC(=O)OC(C)(C)C)CC1. The zero-order chi connectivity index (χ0) is 32.1. The van der Waals surface area contributed by atoms with Gasteiger partial charge in [-0.15, -0.1) is 0 Å². The normalized spacial score (nSPS) is 15.6. The molecule has 0 saturated carbocycles. The summed E-state index contributed by atoms with van der Waals surface area (Å²) in [6, 6.07) is 0. The van der Waals surface area contributed by atoms with Gasteiger partial charge in [0.05, 0.1) is 12.6 Å². The Bertz CT molecular complexity index is 627. The largest absolute Gasteiger partial charge is 0.459 e. The van der Waals surface area contributed by atoms with Gasteiger partial charge in [-0.25, -0.2) is 0 Å². The van der Waals surface area contributed by atoms with Crippen LogP contribution in [0.2, 0.25) is 0 Å². The highest BCUT2D eigenvalue weighted by Gasteiger charge is 2.23. The maximum atomic E-state index is 12.0. The minimum atomic E-state index is -0.385. The molecular formula is C39H78N2O3. The van der Waals surface area contributed by atoms with Crippen molar-refractivity contribution in [1.82, 2.24) is 10.2 Å². The second-order valence-corrected chi connectivity index (χ2v) is 15.1. The highest BCUT2D eigenvalue weighted by molar-refractivity contribution is 5.72. The third-order valence-corrected chi connectivity index (χ3v) is 9.49.